The highest BCUT2D eigenvalue weighted by atomic mass is 32.1. The van der Waals surface area contributed by atoms with E-state index in [1.54, 1.807) is 21.0 Å². The van der Waals surface area contributed by atoms with Crippen molar-refractivity contribution in [1.82, 2.24) is 19.9 Å². The molecule has 0 bridgehead atoms. The first kappa shape index (κ1) is 16.8. The van der Waals surface area contributed by atoms with Gasteiger partial charge in [-0.15, -0.1) is 0 Å². The zero-order valence-corrected chi connectivity index (χ0v) is 14.1. The number of aromatic nitrogens is 3. The van der Waals surface area contributed by atoms with Crippen molar-refractivity contribution in [2.75, 3.05) is 26.0 Å². The predicted molar refractivity (Wildman–Crippen MR) is 86.0 cm³/mol. The molecule has 2 heterocycles. The Kier molecular flexibility index (Phi) is 5.22. The van der Waals surface area contributed by atoms with Crippen LogP contribution in [0.15, 0.2) is 12.4 Å². The van der Waals surface area contributed by atoms with E-state index in [1.165, 1.54) is 17.3 Å². The molecule has 0 saturated carbocycles. The molecule has 2 aromatic rings. The van der Waals surface area contributed by atoms with Crippen LogP contribution in [0, 0.1) is 6.92 Å². The number of hydrogen-bond donors (Lipinski definition) is 1. The highest BCUT2D eigenvalue weighted by molar-refractivity contribution is 7.17. The molecule has 0 atom stereocenters. The summed E-state index contributed by atoms with van der Waals surface area (Å²) < 4.78 is 5.23. The first-order chi connectivity index (χ1) is 10.9. The van der Waals surface area contributed by atoms with Crippen LogP contribution in [0.25, 0.3) is 0 Å². The highest BCUT2D eigenvalue weighted by Crippen LogP contribution is 2.24. The average Bonchev–Trinajstić information content (AvgIpc) is 2.87. The zero-order chi connectivity index (χ0) is 17.0. The number of hydrogen-bond acceptors (Lipinski definition) is 7. The van der Waals surface area contributed by atoms with Crippen molar-refractivity contribution in [3.05, 3.63) is 28.7 Å². The number of carbonyl (C=O) groups is 2. The molecule has 0 radical (unpaired) electrons. The van der Waals surface area contributed by atoms with Gasteiger partial charge in [0.2, 0.25) is 5.88 Å². The molecular formula is C14H17N5O3S. The second-order valence-electron chi connectivity index (χ2n) is 4.76. The molecule has 0 aliphatic rings. The van der Waals surface area contributed by atoms with E-state index in [-0.39, 0.29) is 11.6 Å². The van der Waals surface area contributed by atoms with Crippen LogP contribution >= 0.6 is 11.3 Å². The molecule has 0 unspecified atom stereocenters. The SMILES string of the molecule is CCOc1cc(C(=O)Nc2nc(C)c(C(=O)N(C)C)s2)ncn1. The Hall–Kier alpha value is -2.55. The first-order valence-corrected chi connectivity index (χ1v) is 7.69. The molecule has 0 spiro atoms. The molecule has 1 N–H and O–H groups in total. The van der Waals surface area contributed by atoms with Gasteiger partial charge in [-0.1, -0.05) is 11.3 Å². The average molecular weight is 335 g/mol. The van der Waals surface area contributed by atoms with E-state index in [2.05, 4.69) is 20.3 Å². The minimum Gasteiger partial charge on any atom is -0.478 e. The van der Waals surface area contributed by atoms with Gasteiger partial charge in [0.1, 0.15) is 16.9 Å². The minimum atomic E-state index is -0.439. The van der Waals surface area contributed by atoms with Gasteiger partial charge in [-0.2, -0.15) is 0 Å². The predicted octanol–water partition coefficient (Wildman–Crippen LogP) is 1.59. The number of ether oxygens (including phenoxy) is 1. The standard InChI is InChI=1S/C14H17N5O3S/c1-5-22-10-6-9(15-7-16-10)12(20)18-14-17-8(2)11(23-14)13(21)19(3)4/h6-7H,5H2,1-4H3,(H,17,18,20). The van der Waals surface area contributed by atoms with E-state index < -0.39 is 5.91 Å². The first-order valence-electron chi connectivity index (χ1n) is 6.87. The Bertz CT molecular complexity index is 729. The normalized spacial score (nSPS) is 10.3. The molecule has 0 aliphatic heterocycles. The van der Waals surface area contributed by atoms with Gasteiger partial charge in [-0.05, 0) is 13.8 Å². The molecule has 8 nitrogen and oxygen atoms in total. The van der Waals surface area contributed by atoms with Crippen molar-refractivity contribution in [3.63, 3.8) is 0 Å². The van der Waals surface area contributed by atoms with Crippen molar-refractivity contribution < 1.29 is 14.3 Å². The van der Waals surface area contributed by atoms with E-state index in [9.17, 15) is 9.59 Å². The van der Waals surface area contributed by atoms with Crippen LogP contribution in [0.4, 0.5) is 5.13 Å². The Morgan fingerprint density at radius 1 is 1.35 bits per heavy atom. The van der Waals surface area contributed by atoms with Crippen LogP contribution < -0.4 is 10.1 Å². The summed E-state index contributed by atoms with van der Waals surface area (Å²) in [5.41, 5.74) is 0.735. The lowest BCUT2D eigenvalue weighted by Crippen LogP contribution is -2.21. The summed E-state index contributed by atoms with van der Waals surface area (Å²) >= 11 is 1.12. The summed E-state index contributed by atoms with van der Waals surface area (Å²) in [4.78, 5) is 38.2. The third-order valence-electron chi connectivity index (χ3n) is 2.78. The number of amides is 2. The molecular weight excluding hydrogens is 318 g/mol. The van der Waals surface area contributed by atoms with Crippen molar-refractivity contribution in [3.8, 4) is 5.88 Å². The molecule has 9 heteroatoms. The second-order valence-corrected chi connectivity index (χ2v) is 5.76. The molecule has 2 rings (SSSR count). The molecule has 122 valence electrons. The van der Waals surface area contributed by atoms with E-state index in [0.717, 1.165) is 11.3 Å². The van der Waals surface area contributed by atoms with Gasteiger partial charge in [0.25, 0.3) is 11.8 Å². The van der Waals surface area contributed by atoms with E-state index >= 15 is 0 Å². The van der Waals surface area contributed by atoms with Crippen LogP contribution in [0.5, 0.6) is 5.88 Å². The van der Waals surface area contributed by atoms with Crippen molar-refractivity contribution >= 4 is 28.3 Å². The second kappa shape index (κ2) is 7.14. The summed E-state index contributed by atoms with van der Waals surface area (Å²) in [7, 11) is 3.33. The highest BCUT2D eigenvalue weighted by Gasteiger charge is 2.19. The van der Waals surface area contributed by atoms with Gasteiger partial charge in [-0.3, -0.25) is 14.9 Å². The molecule has 0 aliphatic carbocycles. The number of anilines is 1. The zero-order valence-electron chi connectivity index (χ0n) is 13.3. The third-order valence-corrected chi connectivity index (χ3v) is 3.85. The summed E-state index contributed by atoms with van der Waals surface area (Å²) in [6, 6.07) is 1.45. The maximum Gasteiger partial charge on any atom is 0.276 e. The maximum atomic E-state index is 12.2. The Labute approximate surface area is 137 Å². The van der Waals surface area contributed by atoms with Gasteiger partial charge < -0.3 is 9.64 Å². The van der Waals surface area contributed by atoms with Crippen LogP contribution in [-0.2, 0) is 0 Å². The number of rotatable bonds is 5. The van der Waals surface area contributed by atoms with Crippen molar-refractivity contribution in [2.24, 2.45) is 0 Å². The van der Waals surface area contributed by atoms with Gasteiger partial charge in [0, 0.05) is 20.2 Å². The van der Waals surface area contributed by atoms with E-state index in [0.29, 0.717) is 28.2 Å². The fourth-order valence-corrected chi connectivity index (χ4v) is 2.69. The Morgan fingerprint density at radius 2 is 2.09 bits per heavy atom. The van der Waals surface area contributed by atoms with Gasteiger partial charge in [0.05, 0.1) is 12.3 Å². The molecule has 23 heavy (non-hydrogen) atoms. The number of aryl methyl sites for hydroxylation is 1. The van der Waals surface area contributed by atoms with Crippen LogP contribution in [0.3, 0.4) is 0 Å². The molecule has 0 fully saturated rings. The third kappa shape index (κ3) is 4.01. The fraction of sp³-hybridized carbons (Fsp3) is 0.357. The number of nitrogens with one attached hydrogen (secondary N) is 1. The minimum absolute atomic E-state index is 0.152. The van der Waals surface area contributed by atoms with Crippen LogP contribution in [0.1, 0.15) is 32.8 Å². The number of nitrogens with zero attached hydrogens (tertiary/aromatic N) is 4. The van der Waals surface area contributed by atoms with Gasteiger partial charge in [-0.25, -0.2) is 15.0 Å². The van der Waals surface area contributed by atoms with Crippen molar-refractivity contribution in [1.29, 1.82) is 0 Å². The summed E-state index contributed by atoms with van der Waals surface area (Å²) in [5, 5.41) is 2.98. The largest absolute Gasteiger partial charge is 0.478 e. The van der Waals surface area contributed by atoms with E-state index in [4.69, 9.17) is 4.74 Å². The number of carbonyl (C=O) groups excluding carboxylic acids is 2. The summed E-state index contributed by atoms with van der Waals surface area (Å²) in [6.07, 6.45) is 1.26. The van der Waals surface area contributed by atoms with Crippen LogP contribution in [0.2, 0.25) is 0 Å². The Morgan fingerprint density at radius 3 is 2.74 bits per heavy atom. The topological polar surface area (TPSA) is 97.3 Å². The number of thiazole rings is 1. The lowest BCUT2D eigenvalue weighted by Gasteiger charge is -2.07. The quantitative estimate of drug-likeness (QED) is 0.891. The van der Waals surface area contributed by atoms with Gasteiger partial charge >= 0.3 is 0 Å². The van der Waals surface area contributed by atoms with Crippen molar-refractivity contribution in [2.45, 2.75) is 13.8 Å². The lowest BCUT2D eigenvalue weighted by atomic mass is 10.3. The van der Waals surface area contributed by atoms with E-state index in [1.807, 2.05) is 6.92 Å². The monoisotopic (exact) mass is 335 g/mol. The van der Waals surface area contributed by atoms with Crippen LogP contribution in [-0.4, -0.2) is 52.4 Å². The summed E-state index contributed by atoms with van der Waals surface area (Å²) in [5.74, 6) is -0.265. The smallest absolute Gasteiger partial charge is 0.276 e. The summed E-state index contributed by atoms with van der Waals surface area (Å²) in [6.45, 7) is 3.99. The molecule has 0 aromatic carbocycles. The maximum absolute atomic E-state index is 12.2. The Balaban J connectivity index is 2.16. The van der Waals surface area contributed by atoms with Gasteiger partial charge in [0.15, 0.2) is 5.13 Å². The lowest BCUT2D eigenvalue weighted by molar-refractivity contribution is 0.0831. The molecule has 2 amide bonds. The fourth-order valence-electron chi connectivity index (χ4n) is 1.70. The molecule has 0 saturated heterocycles. The molecule has 2 aromatic heterocycles.